The van der Waals surface area contributed by atoms with E-state index in [0.29, 0.717) is 59.5 Å². The Morgan fingerprint density at radius 2 is 1.91 bits per heavy atom. The van der Waals surface area contributed by atoms with Crippen molar-refractivity contribution in [1.29, 1.82) is 0 Å². The quantitative estimate of drug-likeness (QED) is 0.178. The number of likely N-dealkylation sites (N-methyl/N-ethyl adjacent to an activating group) is 2. The third-order valence-corrected chi connectivity index (χ3v) is 7.61. The van der Waals surface area contributed by atoms with E-state index in [-0.39, 0.29) is 11.9 Å². The number of methoxy groups -OCH3 is 1. The number of rotatable bonds is 12. The van der Waals surface area contributed by atoms with Crippen LogP contribution in [0.2, 0.25) is 0 Å². The second kappa shape index (κ2) is 14.4. The number of nitrogens with one attached hydrogen (secondary N) is 2. The van der Waals surface area contributed by atoms with Gasteiger partial charge in [0.2, 0.25) is 5.91 Å². The number of hydrogen-bond acceptors (Lipinski definition) is 9. The van der Waals surface area contributed by atoms with E-state index in [1.807, 2.05) is 50.3 Å². The number of carbonyl (C=O) groups excluding carboxylic acids is 1. The van der Waals surface area contributed by atoms with E-state index < -0.39 is 11.6 Å². The fourth-order valence-corrected chi connectivity index (χ4v) is 5.21. The van der Waals surface area contributed by atoms with Crippen molar-refractivity contribution < 1.29 is 23.1 Å². The maximum atomic E-state index is 14.6. The molecule has 0 radical (unpaired) electrons. The predicted octanol–water partition coefficient (Wildman–Crippen LogP) is 6.18. The molecule has 3 aromatic carbocycles. The summed E-state index contributed by atoms with van der Waals surface area (Å²) in [5.41, 5.74) is 3.77. The Labute approximate surface area is 267 Å². The average Bonchev–Trinajstić information content (AvgIpc) is 3.54. The maximum absolute atomic E-state index is 14.6. The molecule has 0 spiro atoms. The van der Waals surface area contributed by atoms with E-state index in [9.17, 15) is 13.6 Å². The first kappa shape index (κ1) is 32.3. The number of ether oxygens (including phenoxy) is 1. The first-order chi connectivity index (χ1) is 22.2. The summed E-state index contributed by atoms with van der Waals surface area (Å²) in [6.45, 7) is 5.56. The van der Waals surface area contributed by atoms with Gasteiger partial charge in [0.05, 0.1) is 36.8 Å². The summed E-state index contributed by atoms with van der Waals surface area (Å²) >= 11 is 0. The number of carbonyl (C=O) groups is 1. The van der Waals surface area contributed by atoms with E-state index in [4.69, 9.17) is 9.57 Å². The van der Waals surface area contributed by atoms with E-state index >= 15 is 0 Å². The van der Waals surface area contributed by atoms with Crippen LogP contribution in [0.15, 0.2) is 79.6 Å². The Kier molecular flexibility index (Phi) is 10.1. The molecule has 1 aliphatic rings. The molecule has 0 saturated carbocycles. The fourth-order valence-electron chi connectivity index (χ4n) is 5.21. The first-order valence-electron chi connectivity index (χ1n) is 14.7. The molecule has 46 heavy (non-hydrogen) atoms. The summed E-state index contributed by atoms with van der Waals surface area (Å²) in [6.07, 6.45) is 3.32. The van der Waals surface area contributed by atoms with Gasteiger partial charge < -0.3 is 25.2 Å². The predicted molar refractivity (Wildman–Crippen MR) is 177 cm³/mol. The van der Waals surface area contributed by atoms with Gasteiger partial charge in [-0.1, -0.05) is 24.8 Å². The molecule has 0 bridgehead atoms. The molecule has 240 valence electrons. The number of amides is 1. The molecule has 10 nitrogen and oxygen atoms in total. The number of aromatic nitrogens is 2. The van der Waals surface area contributed by atoms with Crippen molar-refractivity contribution in [2.24, 2.45) is 0 Å². The van der Waals surface area contributed by atoms with Crippen molar-refractivity contribution in [3.05, 3.63) is 96.8 Å². The fraction of sp³-hybridized carbons (Fsp3) is 0.265. The molecule has 1 fully saturated rings. The Morgan fingerprint density at radius 1 is 1.09 bits per heavy atom. The first-order valence-corrected chi connectivity index (χ1v) is 14.7. The molecule has 1 unspecified atom stereocenters. The zero-order valence-electron chi connectivity index (χ0n) is 26.3. The van der Waals surface area contributed by atoms with E-state index in [1.165, 1.54) is 24.5 Å². The Bertz CT molecular complexity index is 1720. The van der Waals surface area contributed by atoms with Gasteiger partial charge in [-0.25, -0.2) is 23.8 Å². The molecule has 1 aliphatic heterocycles. The Balaban J connectivity index is 1.42. The summed E-state index contributed by atoms with van der Waals surface area (Å²) in [6, 6.07) is 16.2. The summed E-state index contributed by atoms with van der Waals surface area (Å²) in [7, 11) is 7.52. The molecular formula is C34H37F2N7O3. The van der Waals surface area contributed by atoms with Crippen LogP contribution in [0.3, 0.4) is 0 Å². The summed E-state index contributed by atoms with van der Waals surface area (Å²) < 4.78 is 33.8. The Morgan fingerprint density at radius 3 is 2.65 bits per heavy atom. The zero-order chi connectivity index (χ0) is 32.8. The third-order valence-electron chi connectivity index (χ3n) is 7.61. The van der Waals surface area contributed by atoms with Gasteiger partial charge in [-0.3, -0.25) is 9.63 Å². The van der Waals surface area contributed by atoms with E-state index in [1.54, 1.807) is 30.4 Å². The molecule has 2 N–H and O–H groups in total. The number of hydroxylamine groups is 1. The maximum Gasteiger partial charge on any atom is 0.247 e. The van der Waals surface area contributed by atoms with Crippen LogP contribution < -0.4 is 25.3 Å². The molecule has 5 rings (SSSR count). The number of anilines is 5. The second-order valence-corrected chi connectivity index (χ2v) is 11.1. The lowest BCUT2D eigenvalue weighted by Gasteiger charge is -2.26. The summed E-state index contributed by atoms with van der Waals surface area (Å²) in [5, 5.41) is 7.91. The highest BCUT2D eigenvalue weighted by Crippen LogP contribution is 2.40. The van der Waals surface area contributed by atoms with Gasteiger partial charge >= 0.3 is 0 Å². The van der Waals surface area contributed by atoms with Crippen LogP contribution in [-0.4, -0.2) is 68.7 Å². The van der Waals surface area contributed by atoms with Crippen LogP contribution in [0.4, 0.5) is 37.5 Å². The molecule has 1 saturated heterocycles. The molecule has 2 heterocycles. The van der Waals surface area contributed by atoms with Crippen LogP contribution in [-0.2, 0) is 9.63 Å². The van der Waals surface area contributed by atoms with Crippen LogP contribution in [0.5, 0.6) is 5.75 Å². The van der Waals surface area contributed by atoms with Crippen LogP contribution in [0, 0.1) is 11.6 Å². The van der Waals surface area contributed by atoms with Gasteiger partial charge in [-0.15, -0.1) is 0 Å². The van der Waals surface area contributed by atoms with Crippen molar-refractivity contribution in [3.8, 4) is 16.9 Å². The van der Waals surface area contributed by atoms with Crippen molar-refractivity contribution >= 4 is 34.6 Å². The monoisotopic (exact) mass is 629 g/mol. The minimum Gasteiger partial charge on any atom is -0.494 e. The molecule has 1 amide bonds. The normalized spacial score (nSPS) is 14.3. The molecule has 1 atom stereocenters. The zero-order valence-corrected chi connectivity index (χ0v) is 26.3. The smallest absolute Gasteiger partial charge is 0.247 e. The summed E-state index contributed by atoms with van der Waals surface area (Å²) in [4.78, 5) is 31.3. The van der Waals surface area contributed by atoms with Gasteiger partial charge in [-0.05, 0) is 55.6 Å². The number of nitrogens with zero attached hydrogens (tertiary/aromatic N) is 5. The van der Waals surface area contributed by atoms with Crippen molar-refractivity contribution in [2.75, 3.05) is 68.5 Å². The van der Waals surface area contributed by atoms with Crippen molar-refractivity contribution in [2.45, 2.75) is 12.5 Å². The third kappa shape index (κ3) is 7.41. The molecule has 0 aliphatic carbocycles. The lowest BCUT2D eigenvalue weighted by Crippen LogP contribution is -2.29. The SMILES string of the molecule is C=CC(=O)Nc1cc(Nc2cc(N3OCCC3c3cccc(-c4ccc(F)cc4F)c3)ncn2)c(OC)cc1N(C)CCN(C)C. The van der Waals surface area contributed by atoms with Gasteiger partial charge in [0.15, 0.2) is 5.82 Å². The van der Waals surface area contributed by atoms with Gasteiger partial charge in [0, 0.05) is 50.3 Å². The topological polar surface area (TPSA) is 95.1 Å². The van der Waals surface area contributed by atoms with E-state index in [2.05, 4.69) is 32.1 Å². The van der Waals surface area contributed by atoms with Gasteiger partial charge in [0.1, 0.15) is 29.5 Å². The lowest BCUT2D eigenvalue weighted by atomic mass is 9.98. The lowest BCUT2D eigenvalue weighted by molar-refractivity contribution is -0.111. The largest absolute Gasteiger partial charge is 0.494 e. The standard InChI is InChI=1S/C34H37F2N7O3/c1-6-34(44)40-27-18-28(31(45-5)19-30(27)42(4)14-13-41(2)3)39-32-20-33(38-21-37-32)43-29(12-15-46-43)23-9-7-8-22(16-23)25-11-10-24(35)17-26(25)36/h6-11,16-21,29H,1,12-15H2,2-5H3,(H,40,44)(H,37,38,39). The second-order valence-electron chi connectivity index (χ2n) is 11.1. The Hall–Kier alpha value is -5.07. The van der Waals surface area contributed by atoms with E-state index in [0.717, 1.165) is 23.9 Å². The molecule has 4 aromatic rings. The number of halogens is 2. The average molecular weight is 630 g/mol. The molecular weight excluding hydrogens is 592 g/mol. The summed E-state index contributed by atoms with van der Waals surface area (Å²) in [5.74, 6) is -0.0691. The molecule has 1 aromatic heterocycles. The number of hydrogen-bond donors (Lipinski definition) is 2. The van der Waals surface area contributed by atoms with Crippen LogP contribution >= 0.6 is 0 Å². The minimum absolute atomic E-state index is 0.210. The van der Waals surface area contributed by atoms with Gasteiger partial charge in [0.25, 0.3) is 0 Å². The van der Waals surface area contributed by atoms with Crippen molar-refractivity contribution in [1.82, 2.24) is 14.9 Å². The minimum atomic E-state index is -0.626. The van der Waals surface area contributed by atoms with Gasteiger partial charge in [-0.2, -0.15) is 0 Å². The highest BCUT2D eigenvalue weighted by molar-refractivity contribution is 6.02. The molecule has 12 heteroatoms. The van der Waals surface area contributed by atoms with Crippen molar-refractivity contribution in [3.63, 3.8) is 0 Å². The highest BCUT2D eigenvalue weighted by atomic mass is 19.1. The highest BCUT2D eigenvalue weighted by Gasteiger charge is 2.30. The van der Waals surface area contributed by atoms with Crippen LogP contribution in [0.1, 0.15) is 18.0 Å². The van der Waals surface area contributed by atoms with Crippen LogP contribution in [0.25, 0.3) is 11.1 Å². The number of benzene rings is 3.